The summed E-state index contributed by atoms with van der Waals surface area (Å²) >= 11 is 0. The highest BCUT2D eigenvalue weighted by atomic mass is 16.5. The number of hydrogen-bond acceptors (Lipinski definition) is 4. The number of carbonyl (C=O) groups is 2. The van der Waals surface area contributed by atoms with Crippen LogP contribution in [0.3, 0.4) is 0 Å². The van der Waals surface area contributed by atoms with E-state index in [1.165, 1.54) is 7.11 Å². The summed E-state index contributed by atoms with van der Waals surface area (Å²) in [6.07, 6.45) is 4.90. The van der Waals surface area contributed by atoms with Crippen LogP contribution in [0.15, 0.2) is 18.2 Å². The molecule has 0 bridgehead atoms. The quantitative estimate of drug-likeness (QED) is 0.613. The molecule has 0 heterocycles. The Labute approximate surface area is 111 Å². The highest BCUT2D eigenvalue weighted by Gasteiger charge is 2.18. The molecule has 19 heavy (non-hydrogen) atoms. The van der Waals surface area contributed by atoms with Crippen LogP contribution < -0.4 is 14.8 Å². The van der Waals surface area contributed by atoms with E-state index in [4.69, 9.17) is 15.9 Å². The number of aldehydes is 1. The van der Waals surface area contributed by atoms with Gasteiger partial charge in [0.25, 0.3) is 5.91 Å². The number of terminal acetylenes is 1. The molecule has 5 nitrogen and oxygen atoms in total. The molecular formula is C14H15NO4. The second-order valence-corrected chi connectivity index (χ2v) is 3.68. The zero-order valence-electron chi connectivity index (χ0n) is 10.8. The van der Waals surface area contributed by atoms with Crippen LogP contribution in [-0.4, -0.2) is 32.0 Å². The van der Waals surface area contributed by atoms with E-state index in [0.29, 0.717) is 17.6 Å². The molecule has 0 saturated heterocycles. The SMILES string of the molecule is C#CCNC(=O)C(C)Oc1c(C=O)cccc1OC. The third-order valence-electron chi connectivity index (χ3n) is 2.38. The second kappa shape index (κ2) is 7.07. The van der Waals surface area contributed by atoms with E-state index in [2.05, 4.69) is 11.2 Å². The monoisotopic (exact) mass is 261 g/mol. The lowest BCUT2D eigenvalue weighted by molar-refractivity contribution is -0.127. The second-order valence-electron chi connectivity index (χ2n) is 3.68. The summed E-state index contributed by atoms with van der Waals surface area (Å²) < 4.78 is 10.6. The number of nitrogens with one attached hydrogen (secondary N) is 1. The third kappa shape index (κ3) is 3.75. The van der Waals surface area contributed by atoms with Gasteiger partial charge in [-0.3, -0.25) is 9.59 Å². The van der Waals surface area contributed by atoms with Crippen molar-refractivity contribution in [3.8, 4) is 23.8 Å². The lowest BCUT2D eigenvalue weighted by Gasteiger charge is -2.17. The highest BCUT2D eigenvalue weighted by Crippen LogP contribution is 2.30. The molecule has 0 radical (unpaired) electrons. The standard InChI is InChI=1S/C14H15NO4/c1-4-8-15-14(17)10(2)19-13-11(9-16)6-5-7-12(13)18-3/h1,5-7,9-10H,8H2,2-3H3,(H,15,17). The van der Waals surface area contributed by atoms with E-state index in [9.17, 15) is 9.59 Å². The number of ether oxygens (including phenoxy) is 2. The Morgan fingerprint density at radius 3 is 2.89 bits per heavy atom. The van der Waals surface area contributed by atoms with Crippen LogP contribution in [0.4, 0.5) is 0 Å². The maximum absolute atomic E-state index is 11.6. The average molecular weight is 261 g/mol. The van der Waals surface area contributed by atoms with E-state index in [0.717, 1.165) is 0 Å². The molecule has 5 heteroatoms. The topological polar surface area (TPSA) is 64.6 Å². The van der Waals surface area contributed by atoms with Crippen molar-refractivity contribution in [2.24, 2.45) is 0 Å². The van der Waals surface area contributed by atoms with Crippen LogP contribution in [0.25, 0.3) is 0 Å². The number of methoxy groups -OCH3 is 1. The molecule has 0 saturated carbocycles. The van der Waals surface area contributed by atoms with Gasteiger partial charge in [-0.1, -0.05) is 12.0 Å². The Hall–Kier alpha value is -2.48. The van der Waals surface area contributed by atoms with Crippen molar-refractivity contribution in [3.05, 3.63) is 23.8 Å². The van der Waals surface area contributed by atoms with Gasteiger partial charge < -0.3 is 14.8 Å². The number of para-hydroxylation sites is 1. The van der Waals surface area contributed by atoms with Crippen LogP contribution in [0, 0.1) is 12.3 Å². The van der Waals surface area contributed by atoms with Gasteiger partial charge in [-0.05, 0) is 19.1 Å². The number of carbonyl (C=O) groups excluding carboxylic acids is 2. The van der Waals surface area contributed by atoms with Crippen molar-refractivity contribution in [2.45, 2.75) is 13.0 Å². The predicted octanol–water partition coefficient (Wildman–Crippen LogP) is 1.02. The third-order valence-corrected chi connectivity index (χ3v) is 2.38. The normalized spacial score (nSPS) is 11.0. The summed E-state index contributed by atoms with van der Waals surface area (Å²) in [6, 6.07) is 4.89. The van der Waals surface area contributed by atoms with Gasteiger partial charge in [-0.25, -0.2) is 0 Å². The molecule has 1 aromatic rings. The van der Waals surface area contributed by atoms with Crippen molar-refractivity contribution >= 4 is 12.2 Å². The van der Waals surface area contributed by atoms with Crippen molar-refractivity contribution < 1.29 is 19.1 Å². The van der Waals surface area contributed by atoms with E-state index in [-0.39, 0.29) is 18.2 Å². The molecule has 0 aliphatic rings. The summed E-state index contributed by atoms with van der Waals surface area (Å²) in [5.41, 5.74) is 0.316. The van der Waals surface area contributed by atoms with Crippen molar-refractivity contribution in [1.82, 2.24) is 5.32 Å². The molecule has 1 atom stereocenters. The van der Waals surface area contributed by atoms with E-state index in [1.54, 1.807) is 25.1 Å². The van der Waals surface area contributed by atoms with E-state index in [1.807, 2.05) is 0 Å². The van der Waals surface area contributed by atoms with Crippen LogP contribution in [0.5, 0.6) is 11.5 Å². The molecule has 1 rings (SSSR count). The zero-order valence-corrected chi connectivity index (χ0v) is 10.8. The first-order valence-electron chi connectivity index (χ1n) is 5.64. The van der Waals surface area contributed by atoms with Crippen molar-refractivity contribution in [1.29, 1.82) is 0 Å². The first kappa shape index (κ1) is 14.6. The Bertz CT molecular complexity index is 505. The first-order chi connectivity index (χ1) is 9.13. The molecule has 1 aromatic carbocycles. The summed E-state index contributed by atoms with van der Waals surface area (Å²) in [7, 11) is 1.46. The molecule has 0 spiro atoms. The lowest BCUT2D eigenvalue weighted by Crippen LogP contribution is -2.36. The zero-order chi connectivity index (χ0) is 14.3. The summed E-state index contributed by atoms with van der Waals surface area (Å²) in [5.74, 6) is 2.56. The van der Waals surface area contributed by atoms with E-state index < -0.39 is 6.10 Å². The summed E-state index contributed by atoms with van der Waals surface area (Å²) in [6.45, 7) is 1.69. The minimum Gasteiger partial charge on any atom is -0.493 e. The fourth-order valence-corrected chi connectivity index (χ4v) is 1.42. The lowest BCUT2D eigenvalue weighted by atomic mass is 10.2. The van der Waals surface area contributed by atoms with Crippen LogP contribution in [0.2, 0.25) is 0 Å². The van der Waals surface area contributed by atoms with Gasteiger partial charge in [0.15, 0.2) is 23.9 Å². The minimum atomic E-state index is -0.789. The average Bonchev–Trinajstić information content (AvgIpc) is 2.44. The Morgan fingerprint density at radius 2 is 2.32 bits per heavy atom. The van der Waals surface area contributed by atoms with Gasteiger partial charge in [-0.2, -0.15) is 0 Å². The van der Waals surface area contributed by atoms with Crippen molar-refractivity contribution in [3.63, 3.8) is 0 Å². The molecule has 1 unspecified atom stereocenters. The van der Waals surface area contributed by atoms with Gasteiger partial charge >= 0.3 is 0 Å². The fraction of sp³-hybridized carbons (Fsp3) is 0.286. The minimum absolute atomic E-state index is 0.124. The van der Waals surface area contributed by atoms with Gasteiger partial charge in [0.1, 0.15) is 0 Å². The number of benzene rings is 1. The Balaban J connectivity index is 2.89. The van der Waals surface area contributed by atoms with Gasteiger partial charge in [0.05, 0.1) is 19.2 Å². The van der Waals surface area contributed by atoms with Crippen LogP contribution in [-0.2, 0) is 4.79 Å². The Kier molecular flexibility index (Phi) is 5.42. The molecule has 0 aromatic heterocycles. The smallest absolute Gasteiger partial charge is 0.261 e. The molecule has 0 fully saturated rings. The fourth-order valence-electron chi connectivity index (χ4n) is 1.42. The number of rotatable bonds is 6. The number of hydrogen-bond donors (Lipinski definition) is 1. The molecule has 1 N–H and O–H groups in total. The highest BCUT2D eigenvalue weighted by molar-refractivity contribution is 5.83. The maximum atomic E-state index is 11.6. The van der Waals surface area contributed by atoms with Gasteiger partial charge in [0.2, 0.25) is 0 Å². The molecule has 0 aliphatic carbocycles. The molecule has 1 amide bonds. The Morgan fingerprint density at radius 1 is 1.58 bits per heavy atom. The summed E-state index contributed by atoms with van der Waals surface area (Å²) in [4.78, 5) is 22.6. The van der Waals surface area contributed by atoms with Crippen molar-refractivity contribution in [2.75, 3.05) is 13.7 Å². The van der Waals surface area contributed by atoms with Crippen LogP contribution in [0.1, 0.15) is 17.3 Å². The molecule has 0 aliphatic heterocycles. The largest absolute Gasteiger partial charge is 0.493 e. The number of amides is 1. The maximum Gasteiger partial charge on any atom is 0.261 e. The van der Waals surface area contributed by atoms with Gasteiger partial charge in [-0.15, -0.1) is 6.42 Å². The molecule has 100 valence electrons. The van der Waals surface area contributed by atoms with E-state index >= 15 is 0 Å². The van der Waals surface area contributed by atoms with Crippen LogP contribution >= 0.6 is 0 Å². The van der Waals surface area contributed by atoms with Gasteiger partial charge in [0, 0.05) is 0 Å². The summed E-state index contributed by atoms with van der Waals surface area (Å²) in [5, 5.41) is 2.50. The first-order valence-corrected chi connectivity index (χ1v) is 5.64. The predicted molar refractivity (Wildman–Crippen MR) is 70.3 cm³/mol. The molecular weight excluding hydrogens is 246 g/mol.